The average Bonchev–Trinajstić information content (AvgIpc) is 3.49. The Morgan fingerprint density at radius 3 is 2.46 bits per heavy atom. The maximum Gasteiger partial charge on any atom is 0.329 e. The minimum Gasteiger partial charge on any atom is -0.290 e. The molecule has 0 fully saturated rings. The van der Waals surface area contributed by atoms with Gasteiger partial charge in [-0.15, -0.1) is 5.10 Å². The van der Waals surface area contributed by atoms with Crippen LogP contribution in [0.5, 0.6) is 0 Å². The van der Waals surface area contributed by atoms with Crippen LogP contribution in [0.15, 0.2) is 47.4 Å². The highest BCUT2D eigenvalue weighted by Gasteiger charge is 2.18. The van der Waals surface area contributed by atoms with Gasteiger partial charge in [-0.2, -0.15) is 0 Å². The number of nitrogens with zero attached hydrogens (tertiary/aromatic N) is 6. The number of H-pyrrole nitrogens is 1. The van der Waals surface area contributed by atoms with Gasteiger partial charge < -0.3 is 0 Å². The van der Waals surface area contributed by atoms with Gasteiger partial charge in [0.2, 0.25) is 0 Å². The number of hydrogen-bond donors (Lipinski definition) is 1. The molecule has 3 aromatic heterocycles. The summed E-state index contributed by atoms with van der Waals surface area (Å²) in [7, 11) is 0. The molecular weight excluding hydrogens is 462 g/mol. The van der Waals surface area contributed by atoms with E-state index in [2.05, 4.69) is 39.5 Å². The van der Waals surface area contributed by atoms with E-state index in [-0.39, 0.29) is 5.69 Å². The van der Waals surface area contributed by atoms with Crippen LogP contribution in [0.2, 0.25) is 5.15 Å². The Morgan fingerprint density at radius 1 is 0.971 bits per heavy atom. The maximum absolute atomic E-state index is 13.3. The molecule has 0 aliphatic heterocycles. The lowest BCUT2D eigenvalue weighted by molar-refractivity contribution is 0.573. The third-order valence-corrected chi connectivity index (χ3v) is 6.66. The number of imidazole rings is 1. The molecule has 4 rings (SSSR count). The molecule has 0 spiro atoms. The Labute approximate surface area is 210 Å². The average molecular weight is 494 g/mol. The molecule has 0 aliphatic rings. The lowest BCUT2D eigenvalue weighted by Gasteiger charge is -2.10. The molecule has 0 amide bonds. The summed E-state index contributed by atoms with van der Waals surface area (Å²) in [6, 6.07) is 11.9. The van der Waals surface area contributed by atoms with Gasteiger partial charge in [0.1, 0.15) is 5.15 Å². The molecule has 0 atom stereocenters. The number of aromatic nitrogens is 7. The van der Waals surface area contributed by atoms with Crippen molar-refractivity contribution in [3.05, 3.63) is 69.5 Å². The van der Waals surface area contributed by atoms with Crippen molar-refractivity contribution in [2.75, 3.05) is 0 Å². The van der Waals surface area contributed by atoms with Crippen LogP contribution in [0.25, 0.3) is 22.6 Å². The molecule has 0 aliphatic carbocycles. The van der Waals surface area contributed by atoms with E-state index in [9.17, 15) is 4.79 Å². The summed E-state index contributed by atoms with van der Waals surface area (Å²) in [4.78, 5) is 17.9. The van der Waals surface area contributed by atoms with Crippen LogP contribution in [0, 0.1) is 0 Å². The normalized spacial score (nSPS) is 11.3. The molecule has 0 unspecified atom stereocenters. The number of aromatic amines is 1. The number of halogens is 1. The number of tetrazole rings is 1. The minimum atomic E-state index is -0.0218. The Balaban J connectivity index is 1.61. The highest BCUT2D eigenvalue weighted by Crippen LogP contribution is 2.28. The highest BCUT2D eigenvalue weighted by molar-refractivity contribution is 6.30. The van der Waals surface area contributed by atoms with Crippen molar-refractivity contribution in [2.45, 2.75) is 71.9 Å². The monoisotopic (exact) mass is 493 g/mol. The molecule has 1 aromatic carbocycles. The van der Waals surface area contributed by atoms with Gasteiger partial charge in [0.05, 0.1) is 17.9 Å². The minimum absolute atomic E-state index is 0.0218. The molecular formula is C26H32ClN7O. The molecule has 35 heavy (non-hydrogen) atoms. The predicted octanol–water partition coefficient (Wildman–Crippen LogP) is 5.52. The molecule has 9 heteroatoms. The Hall–Kier alpha value is -3.26. The van der Waals surface area contributed by atoms with Gasteiger partial charge in [0.25, 0.3) is 0 Å². The third kappa shape index (κ3) is 5.70. The fourth-order valence-electron chi connectivity index (χ4n) is 4.32. The third-order valence-electron chi connectivity index (χ3n) is 6.24. The van der Waals surface area contributed by atoms with Gasteiger partial charge in [-0.3, -0.25) is 14.1 Å². The summed E-state index contributed by atoms with van der Waals surface area (Å²) in [5.74, 6) is 0.569. The number of nitrogens with one attached hydrogen (secondary N) is 1. The van der Waals surface area contributed by atoms with Crippen LogP contribution < -0.4 is 5.69 Å². The van der Waals surface area contributed by atoms with Crippen molar-refractivity contribution in [1.82, 2.24) is 34.7 Å². The van der Waals surface area contributed by atoms with Crippen LogP contribution >= 0.6 is 11.6 Å². The lowest BCUT2D eigenvalue weighted by Crippen LogP contribution is -2.26. The number of benzene rings is 1. The topological polar surface area (TPSA) is 94.3 Å². The maximum atomic E-state index is 13.3. The summed E-state index contributed by atoms with van der Waals surface area (Å²) in [6.45, 7) is 5.49. The zero-order chi connectivity index (χ0) is 24.6. The van der Waals surface area contributed by atoms with Crippen LogP contribution in [0.3, 0.4) is 0 Å². The van der Waals surface area contributed by atoms with Crippen molar-refractivity contribution in [3.8, 4) is 22.6 Å². The van der Waals surface area contributed by atoms with E-state index in [0.29, 0.717) is 24.1 Å². The van der Waals surface area contributed by atoms with Gasteiger partial charge in [0, 0.05) is 23.9 Å². The van der Waals surface area contributed by atoms with Crippen LogP contribution in [-0.4, -0.2) is 34.7 Å². The van der Waals surface area contributed by atoms with E-state index < -0.39 is 0 Å². The number of pyridine rings is 1. The summed E-state index contributed by atoms with van der Waals surface area (Å²) < 4.78 is 3.60. The number of rotatable bonds is 12. The van der Waals surface area contributed by atoms with Crippen molar-refractivity contribution in [3.63, 3.8) is 0 Å². The summed E-state index contributed by atoms with van der Waals surface area (Å²) in [5.41, 5.74) is 4.53. The number of hydrogen-bond acceptors (Lipinski definition) is 5. The molecule has 0 saturated carbocycles. The Morgan fingerprint density at radius 2 is 1.74 bits per heavy atom. The number of unbranched alkanes of at least 4 members (excludes halogenated alkanes) is 4. The molecule has 8 nitrogen and oxygen atoms in total. The first-order valence-electron chi connectivity index (χ1n) is 12.4. The van der Waals surface area contributed by atoms with Crippen molar-refractivity contribution >= 4 is 11.6 Å². The fourth-order valence-corrected chi connectivity index (χ4v) is 4.67. The fraction of sp³-hybridized carbons (Fsp3) is 0.423. The van der Waals surface area contributed by atoms with Crippen molar-refractivity contribution < 1.29 is 0 Å². The van der Waals surface area contributed by atoms with E-state index in [1.54, 1.807) is 10.8 Å². The van der Waals surface area contributed by atoms with Gasteiger partial charge in [-0.1, -0.05) is 75.4 Å². The van der Waals surface area contributed by atoms with E-state index in [1.807, 2.05) is 41.0 Å². The molecule has 184 valence electrons. The zero-order valence-electron chi connectivity index (χ0n) is 20.4. The smallest absolute Gasteiger partial charge is 0.290 e. The lowest BCUT2D eigenvalue weighted by atomic mass is 10.0. The zero-order valence-corrected chi connectivity index (χ0v) is 21.1. The van der Waals surface area contributed by atoms with Crippen molar-refractivity contribution in [1.29, 1.82) is 0 Å². The first-order chi connectivity index (χ1) is 17.1. The molecule has 0 radical (unpaired) electrons. The second-order valence-electron chi connectivity index (χ2n) is 8.77. The Bertz CT molecular complexity index is 1280. The highest BCUT2D eigenvalue weighted by atomic mass is 35.5. The SMILES string of the molecule is CCCCCc1c(Cl)n(CCCCC)c(=O)n1Cc1ccc(-c2ncccc2-c2nnn[nH]2)cc1. The standard InChI is InChI=1S/C26H32ClN7O/c1-3-5-7-11-22-24(27)33(17-8-6-4-2)26(35)34(22)18-19-12-14-20(15-13-19)23-21(10-9-16-28-23)25-29-31-32-30-25/h9-10,12-16H,3-8,11,17-18H2,1-2H3,(H,29,30,31,32). The summed E-state index contributed by atoms with van der Waals surface area (Å²) in [6.07, 6.45) is 8.97. The second-order valence-corrected chi connectivity index (χ2v) is 9.13. The second kappa shape index (κ2) is 11.9. The van der Waals surface area contributed by atoms with Gasteiger partial charge in [-0.25, -0.2) is 9.89 Å². The molecule has 0 saturated heterocycles. The predicted molar refractivity (Wildman–Crippen MR) is 138 cm³/mol. The van der Waals surface area contributed by atoms with E-state index in [4.69, 9.17) is 11.6 Å². The first-order valence-corrected chi connectivity index (χ1v) is 12.8. The molecule has 0 bridgehead atoms. The molecule has 1 N–H and O–H groups in total. The van der Waals surface area contributed by atoms with Gasteiger partial charge >= 0.3 is 5.69 Å². The molecule has 3 heterocycles. The van der Waals surface area contributed by atoms with E-state index in [1.165, 1.54) is 0 Å². The Kier molecular flexibility index (Phi) is 8.47. The van der Waals surface area contributed by atoms with E-state index >= 15 is 0 Å². The largest absolute Gasteiger partial charge is 0.329 e. The van der Waals surface area contributed by atoms with Gasteiger partial charge in [-0.05, 0) is 47.4 Å². The van der Waals surface area contributed by atoms with Crippen molar-refractivity contribution in [2.24, 2.45) is 0 Å². The van der Waals surface area contributed by atoms with Crippen LogP contribution in [0.4, 0.5) is 0 Å². The summed E-state index contributed by atoms with van der Waals surface area (Å²) >= 11 is 6.75. The van der Waals surface area contributed by atoms with Gasteiger partial charge in [0.15, 0.2) is 5.82 Å². The van der Waals surface area contributed by atoms with Crippen LogP contribution in [0.1, 0.15) is 63.6 Å². The first kappa shape index (κ1) is 24.9. The van der Waals surface area contributed by atoms with E-state index in [0.717, 1.165) is 73.0 Å². The van der Waals surface area contributed by atoms with Crippen LogP contribution in [-0.2, 0) is 19.5 Å². The quantitative estimate of drug-likeness (QED) is 0.262. The molecule has 4 aromatic rings. The summed E-state index contributed by atoms with van der Waals surface area (Å²) in [5, 5.41) is 14.8.